The van der Waals surface area contributed by atoms with Crippen LogP contribution in [0.15, 0.2) is 22.1 Å². The molecule has 0 saturated heterocycles. The van der Waals surface area contributed by atoms with Crippen molar-refractivity contribution in [2.75, 3.05) is 6.54 Å². The van der Waals surface area contributed by atoms with E-state index in [1.165, 1.54) is 30.5 Å². The van der Waals surface area contributed by atoms with Crippen LogP contribution in [0, 0.1) is 0 Å². The molecule has 112 valence electrons. The zero-order valence-electron chi connectivity index (χ0n) is 12.2. The average molecular weight is 366 g/mol. The van der Waals surface area contributed by atoms with Crippen LogP contribution in [-0.2, 0) is 6.42 Å². The summed E-state index contributed by atoms with van der Waals surface area (Å²) in [4.78, 5) is 10.6. The third-order valence-corrected chi connectivity index (χ3v) is 5.55. The Morgan fingerprint density at radius 3 is 3.10 bits per heavy atom. The molecule has 1 atom stereocenters. The van der Waals surface area contributed by atoms with Crippen molar-refractivity contribution in [3.63, 3.8) is 0 Å². The summed E-state index contributed by atoms with van der Waals surface area (Å²) >= 11 is 5.19. The van der Waals surface area contributed by atoms with Crippen molar-refractivity contribution in [2.45, 2.75) is 45.1 Å². The van der Waals surface area contributed by atoms with Gasteiger partial charge in [-0.3, -0.25) is 0 Å². The monoisotopic (exact) mass is 365 g/mol. The Hall–Kier alpha value is -0.780. The van der Waals surface area contributed by atoms with E-state index in [2.05, 4.69) is 44.6 Å². The zero-order chi connectivity index (χ0) is 14.7. The van der Waals surface area contributed by atoms with Gasteiger partial charge in [-0.1, -0.05) is 13.3 Å². The molecule has 1 aliphatic carbocycles. The van der Waals surface area contributed by atoms with Crippen LogP contribution in [0.3, 0.4) is 0 Å². The van der Waals surface area contributed by atoms with Gasteiger partial charge >= 0.3 is 0 Å². The van der Waals surface area contributed by atoms with Gasteiger partial charge in [-0.15, -0.1) is 11.3 Å². The number of hydrogen-bond acceptors (Lipinski definition) is 4. The molecule has 21 heavy (non-hydrogen) atoms. The van der Waals surface area contributed by atoms with E-state index in [0.29, 0.717) is 6.04 Å². The molecule has 0 spiro atoms. The van der Waals surface area contributed by atoms with Gasteiger partial charge in [0.05, 0.1) is 4.88 Å². The highest BCUT2D eigenvalue weighted by Crippen LogP contribution is 2.31. The van der Waals surface area contributed by atoms with E-state index in [1.807, 2.05) is 6.20 Å². The summed E-state index contributed by atoms with van der Waals surface area (Å²) < 4.78 is 1.10. The van der Waals surface area contributed by atoms with Crippen LogP contribution in [0.1, 0.15) is 49.9 Å². The normalized spacial score (nSPS) is 18.3. The average Bonchev–Trinajstić information content (AvgIpc) is 2.83. The second-order valence-corrected chi connectivity index (χ2v) is 7.30. The highest BCUT2D eigenvalue weighted by Gasteiger charge is 2.20. The lowest BCUT2D eigenvalue weighted by Crippen LogP contribution is -2.23. The van der Waals surface area contributed by atoms with Crippen molar-refractivity contribution in [3.8, 4) is 10.7 Å². The number of fused-ring (bicyclic) bond motifs is 1. The van der Waals surface area contributed by atoms with E-state index in [4.69, 9.17) is 4.98 Å². The second-order valence-electron chi connectivity index (χ2n) is 5.48. The summed E-state index contributed by atoms with van der Waals surface area (Å²) in [5.74, 6) is 0.862. The summed E-state index contributed by atoms with van der Waals surface area (Å²) in [6, 6.07) is 2.52. The van der Waals surface area contributed by atoms with Gasteiger partial charge in [0.2, 0.25) is 0 Å². The molecular weight excluding hydrogens is 346 g/mol. The predicted octanol–water partition coefficient (Wildman–Crippen LogP) is 4.73. The molecule has 0 aliphatic heterocycles. The van der Waals surface area contributed by atoms with Gasteiger partial charge in [0.15, 0.2) is 5.82 Å². The Bertz CT molecular complexity index is 611. The molecule has 0 bridgehead atoms. The summed E-state index contributed by atoms with van der Waals surface area (Å²) in [5, 5.41) is 5.73. The van der Waals surface area contributed by atoms with Gasteiger partial charge in [-0.25, -0.2) is 9.97 Å². The molecule has 0 amide bonds. The molecule has 0 fully saturated rings. The summed E-state index contributed by atoms with van der Waals surface area (Å²) in [5.41, 5.74) is 2.54. The fourth-order valence-electron chi connectivity index (χ4n) is 2.79. The summed E-state index contributed by atoms with van der Waals surface area (Å²) in [6.07, 6.45) is 7.96. The highest BCUT2D eigenvalue weighted by molar-refractivity contribution is 9.10. The van der Waals surface area contributed by atoms with Crippen molar-refractivity contribution in [2.24, 2.45) is 0 Å². The molecule has 3 nitrogen and oxygen atoms in total. The maximum Gasteiger partial charge on any atom is 0.169 e. The largest absolute Gasteiger partial charge is 0.310 e. The van der Waals surface area contributed by atoms with Gasteiger partial charge in [-0.2, -0.15) is 0 Å². The first-order valence-corrected chi connectivity index (χ1v) is 9.28. The minimum atomic E-state index is 0.423. The van der Waals surface area contributed by atoms with Crippen molar-refractivity contribution >= 4 is 27.3 Å². The quantitative estimate of drug-likeness (QED) is 0.795. The molecule has 0 aromatic carbocycles. The molecule has 3 rings (SSSR count). The van der Waals surface area contributed by atoms with Gasteiger partial charge in [0, 0.05) is 33.3 Å². The molecule has 5 heteroatoms. The van der Waals surface area contributed by atoms with E-state index in [-0.39, 0.29) is 0 Å². The van der Waals surface area contributed by atoms with Gasteiger partial charge < -0.3 is 5.32 Å². The molecule has 1 N–H and O–H groups in total. The topological polar surface area (TPSA) is 37.8 Å². The van der Waals surface area contributed by atoms with Crippen LogP contribution in [0.2, 0.25) is 0 Å². The fraction of sp³-hybridized carbons (Fsp3) is 0.500. The molecule has 0 radical (unpaired) electrons. The third-order valence-electron chi connectivity index (χ3n) is 3.86. The van der Waals surface area contributed by atoms with Gasteiger partial charge in [-0.05, 0) is 54.2 Å². The van der Waals surface area contributed by atoms with Crippen LogP contribution in [0.4, 0.5) is 0 Å². The summed E-state index contributed by atoms with van der Waals surface area (Å²) in [6.45, 7) is 3.27. The van der Waals surface area contributed by atoms with Crippen LogP contribution >= 0.6 is 27.3 Å². The first-order chi connectivity index (χ1) is 10.3. The zero-order valence-corrected chi connectivity index (χ0v) is 14.6. The Balaban J connectivity index is 1.91. The molecular formula is C16H20BrN3S. The number of aromatic nitrogens is 2. The number of halogens is 1. The number of hydrogen-bond donors (Lipinski definition) is 1. The van der Waals surface area contributed by atoms with E-state index < -0.39 is 0 Å². The van der Waals surface area contributed by atoms with E-state index in [1.54, 1.807) is 11.3 Å². The smallest absolute Gasteiger partial charge is 0.169 e. The Kier molecular flexibility index (Phi) is 5.03. The molecule has 2 aromatic rings. The standard InChI is InChI=1S/C16H20BrN3S/c1-2-7-18-13-5-3-4-6-14-12(13)9-19-16(20-14)15-8-11(17)10-21-15/h8-10,13,18H,2-7H2,1H3. The molecule has 2 aromatic heterocycles. The SMILES string of the molecule is CCCNC1CCCCc2nc(-c3cc(Br)cs3)ncc21. The summed E-state index contributed by atoms with van der Waals surface area (Å²) in [7, 11) is 0. The lowest BCUT2D eigenvalue weighted by Gasteiger charge is -2.18. The number of aryl methyl sites for hydroxylation is 1. The maximum atomic E-state index is 4.85. The lowest BCUT2D eigenvalue weighted by atomic mass is 10.0. The lowest BCUT2D eigenvalue weighted by molar-refractivity contribution is 0.488. The molecule has 0 saturated carbocycles. The second kappa shape index (κ2) is 6.99. The van der Waals surface area contributed by atoms with Gasteiger partial charge in [0.1, 0.15) is 0 Å². The first-order valence-electron chi connectivity index (χ1n) is 7.61. The Morgan fingerprint density at radius 2 is 2.33 bits per heavy atom. The van der Waals surface area contributed by atoms with E-state index in [9.17, 15) is 0 Å². The minimum Gasteiger partial charge on any atom is -0.310 e. The van der Waals surface area contributed by atoms with Crippen LogP contribution < -0.4 is 5.32 Å². The first kappa shape index (κ1) is 15.1. The van der Waals surface area contributed by atoms with Crippen LogP contribution in [-0.4, -0.2) is 16.5 Å². The van der Waals surface area contributed by atoms with Crippen LogP contribution in [0.5, 0.6) is 0 Å². The maximum absolute atomic E-state index is 4.85. The van der Waals surface area contributed by atoms with Crippen molar-refractivity contribution in [1.29, 1.82) is 0 Å². The predicted molar refractivity (Wildman–Crippen MR) is 91.6 cm³/mol. The Morgan fingerprint density at radius 1 is 1.43 bits per heavy atom. The number of thiophene rings is 1. The minimum absolute atomic E-state index is 0.423. The number of nitrogens with one attached hydrogen (secondary N) is 1. The number of nitrogens with zero attached hydrogens (tertiary/aromatic N) is 2. The van der Waals surface area contributed by atoms with E-state index >= 15 is 0 Å². The van der Waals surface area contributed by atoms with Crippen molar-refractivity contribution in [1.82, 2.24) is 15.3 Å². The molecule has 1 aliphatic rings. The van der Waals surface area contributed by atoms with Crippen molar-refractivity contribution < 1.29 is 0 Å². The van der Waals surface area contributed by atoms with Crippen molar-refractivity contribution in [3.05, 3.63) is 33.4 Å². The van der Waals surface area contributed by atoms with Crippen LogP contribution in [0.25, 0.3) is 10.7 Å². The Labute approximate surface area is 138 Å². The van der Waals surface area contributed by atoms with E-state index in [0.717, 1.165) is 34.6 Å². The third kappa shape index (κ3) is 3.52. The van der Waals surface area contributed by atoms with Gasteiger partial charge in [0.25, 0.3) is 0 Å². The fourth-order valence-corrected chi connectivity index (χ4v) is 4.16. The number of rotatable bonds is 4. The highest BCUT2D eigenvalue weighted by atomic mass is 79.9. The molecule has 1 unspecified atom stereocenters. The molecule has 2 heterocycles.